The van der Waals surface area contributed by atoms with Crippen molar-refractivity contribution in [1.82, 2.24) is 0 Å². The van der Waals surface area contributed by atoms with E-state index in [1.165, 1.54) is 0 Å². The third kappa shape index (κ3) is 2.68. The van der Waals surface area contributed by atoms with E-state index >= 15 is 0 Å². The van der Waals surface area contributed by atoms with E-state index < -0.39 is 33.9 Å². The van der Waals surface area contributed by atoms with Gasteiger partial charge in [-0.15, -0.1) is 0 Å². The van der Waals surface area contributed by atoms with Crippen LogP contribution in [-0.4, -0.2) is 11.3 Å². The van der Waals surface area contributed by atoms with Gasteiger partial charge in [0, 0.05) is 0 Å². The summed E-state index contributed by atoms with van der Waals surface area (Å²) in [5.74, 6) is -1.78. The Bertz CT molecular complexity index is 473. The summed E-state index contributed by atoms with van der Waals surface area (Å²) in [6.07, 6.45) is -5.04. The van der Waals surface area contributed by atoms with Crippen molar-refractivity contribution in [2.45, 2.75) is 6.18 Å². The molecule has 5 nitrogen and oxygen atoms in total. The first-order valence-corrected chi connectivity index (χ1v) is 4.02. The van der Waals surface area contributed by atoms with E-state index in [-0.39, 0.29) is 18.5 Å². The molecule has 92 valence electrons. The lowest BCUT2D eigenvalue weighted by Crippen LogP contribution is -2.10. The van der Waals surface area contributed by atoms with E-state index in [1.807, 2.05) is 0 Å². The highest BCUT2D eigenvalue weighted by atomic mass is 19.4. The zero-order chi connectivity index (χ0) is 13.2. The highest BCUT2D eigenvalue weighted by molar-refractivity contribution is 5.78. The lowest BCUT2D eigenvalue weighted by molar-refractivity contribution is -0.384. The van der Waals surface area contributed by atoms with Crippen LogP contribution in [0.4, 0.5) is 28.9 Å². The summed E-state index contributed by atoms with van der Waals surface area (Å²) in [4.78, 5) is 19.4. The number of hydrogen-bond acceptors (Lipinski definition) is 3. The molecule has 0 atom stereocenters. The zero-order valence-corrected chi connectivity index (χ0v) is 7.92. The number of carbonyl (C=O) groups is 1. The molecule has 1 amide bonds. The van der Waals surface area contributed by atoms with Gasteiger partial charge < -0.3 is 5.32 Å². The van der Waals surface area contributed by atoms with E-state index in [9.17, 15) is 32.5 Å². The molecule has 0 spiro atoms. The normalized spacial score (nSPS) is 11.1. The molecule has 0 aliphatic heterocycles. The SMILES string of the molecule is O=CNc1cc(C(F)(F)F)c(F)cc1[N+](=O)[O-]. The number of anilines is 1. The third-order valence-corrected chi connectivity index (χ3v) is 1.80. The molecule has 0 saturated carbocycles. The molecule has 0 saturated heterocycles. The van der Waals surface area contributed by atoms with E-state index in [1.54, 1.807) is 5.32 Å². The van der Waals surface area contributed by atoms with Crippen LogP contribution in [0, 0.1) is 15.9 Å². The van der Waals surface area contributed by atoms with Gasteiger partial charge in [0.15, 0.2) is 0 Å². The first-order chi connectivity index (χ1) is 7.77. The number of hydrogen-bond donors (Lipinski definition) is 1. The Kier molecular flexibility index (Phi) is 3.30. The molecular weight excluding hydrogens is 248 g/mol. The number of alkyl halides is 3. The van der Waals surface area contributed by atoms with Gasteiger partial charge in [0.2, 0.25) is 6.41 Å². The standard InChI is InChI=1S/C8H4F4N2O3/c9-5-2-7(14(16)17)6(13-3-15)1-4(5)8(10,11)12/h1-3H,(H,13,15). The zero-order valence-electron chi connectivity index (χ0n) is 7.92. The monoisotopic (exact) mass is 252 g/mol. The molecule has 0 aromatic heterocycles. The predicted molar refractivity (Wildman–Crippen MR) is 47.7 cm³/mol. The van der Waals surface area contributed by atoms with Gasteiger partial charge in [-0.25, -0.2) is 4.39 Å². The molecule has 0 aliphatic carbocycles. The first-order valence-electron chi connectivity index (χ1n) is 4.02. The molecule has 1 N–H and O–H groups in total. The number of rotatable bonds is 3. The number of nitro benzene ring substituents is 1. The maximum absolute atomic E-state index is 13.0. The Labute approximate surface area is 91.2 Å². The van der Waals surface area contributed by atoms with Crippen molar-refractivity contribution in [1.29, 1.82) is 0 Å². The Balaban J connectivity index is 3.44. The van der Waals surface area contributed by atoms with Crippen LogP contribution in [0.5, 0.6) is 0 Å². The molecule has 0 unspecified atom stereocenters. The van der Waals surface area contributed by atoms with Gasteiger partial charge in [0.1, 0.15) is 11.5 Å². The van der Waals surface area contributed by atoms with Crippen LogP contribution in [0.2, 0.25) is 0 Å². The molecule has 1 aromatic carbocycles. The van der Waals surface area contributed by atoms with Gasteiger partial charge >= 0.3 is 6.18 Å². The fraction of sp³-hybridized carbons (Fsp3) is 0.125. The lowest BCUT2D eigenvalue weighted by atomic mass is 10.1. The summed E-state index contributed by atoms with van der Waals surface area (Å²) in [5.41, 5.74) is -3.37. The largest absolute Gasteiger partial charge is 0.419 e. The molecule has 0 fully saturated rings. The molecule has 0 radical (unpaired) electrons. The second kappa shape index (κ2) is 4.36. The van der Waals surface area contributed by atoms with Crippen LogP contribution >= 0.6 is 0 Å². The molecule has 0 aliphatic rings. The highest BCUT2D eigenvalue weighted by Crippen LogP contribution is 2.36. The number of nitrogens with one attached hydrogen (secondary N) is 1. The summed E-state index contributed by atoms with van der Waals surface area (Å²) >= 11 is 0. The predicted octanol–water partition coefficient (Wildman–Crippen LogP) is 2.32. The Morgan fingerprint density at radius 3 is 2.35 bits per heavy atom. The number of amides is 1. The van der Waals surface area contributed by atoms with Gasteiger partial charge in [-0.3, -0.25) is 14.9 Å². The smallest absolute Gasteiger partial charge is 0.323 e. The fourth-order valence-corrected chi connectivity index (χ4v) is 1.11. The molecule has 1 rings (SSSR count). The Hall–Kier alpha value is -2.19. The van der Waals surface area contributed by atoms with Crippen LogP contribution in [0.3, 0.4) is 0 Å². The Morgan fingerprint density at radius 2 is 1.94 bits per heavy atom. The second-order valence-electron chi connectivity index (χ2n) is 2.87. The van der Waals surface area contributed by atoms with E-state index in [0.717, 1.165) is 0 Å². The molecule has 0 heterocycles. The van der Waals surface area contributed by atoms with Crippen molar-refractivity contribution < 1.29 is 27.3 Å². The summed E-state index contributed by atoms with van der Waals surface area (Å²) in [6, 6.07) is 0.274. The van der Waals surface area contributed by atoms with Crippen molar-refractivity contribution >= 4 is 17.8 Å². The molecule has 1 aromatic rings. The number of carbonyl (C=O) groups excluding carboxylic acids is 1. The highest BCUT2D eigenvalue weighted by Gasteiger charge is 2.36. The summed E-state index contributed by atoms with van der Waals surface area (Å²) in [6.45, 7) is 0. The average Bonchev–Trinajstić information content (AvgIpc) is 2.18. The average molecular weight is 252 g/mol. The number of nitrogens with zero attached hydrogens (tertiary/aromatic N) is 1. The van der Waals surface area contributed by atoms with Gasteiger partial charge in [-0.2, -0.15) is 13.2 Å². The minimum absolute atomic E-state index is 0.0413. The number of halogens is 4. The van der Waals surface area contributed by atoms with Crippen LogP contribution in [0.25, 0.3) is 0 Å². The van der Waals surface area contributed by atoms with Crippen molar-refractivity contribution in [2.75, 3.05) is 5.32 Å². The van der Waals surface area contributed by atoms with Crippen LogP contribution in [-0.2, 0) is 11.0 Å². The van der Waals surface area contributed by atoms with Crippen molar-refractivity contribution in [3.05, 3.63) is 33.6 Å². The molecule has 0 bridgehead atoms. The maximum Gasteiger partial charge on any atom is 0.419 e. The van der Waals surface area contributed by atoms with Crippen molar-refractivity contribution in [2.24, 2.45) is 0 Å². The molecular formula is C8H4F4N2O3. The minimum atomic E-state index is -5.00. The maximum atomic E-state index is 13.0. The quantitative estimate of drug-likeness (QED) is 0.388. The number of benzene rings is 1. The fourth-order valence-electron chi connectivity index (χ4n) is 1.11. The summed E-state index contributed by atoms with van der Waals surface area (Å²) in [7, 11) is 0. The van der Waals surface area contributed by atoms with Gasteiger partial charge in [-0.05, 0) is 6.07 Å². The van der Waals surface area contributed by atoms with Gasteiger partial charge in [0.25, 0.3) is 5.69 Å². The van der Waals surface area contributed by atoms with E-state index in [4.69, 9.17) is 0 Å². The number of nitro groups is 1. The van der Waals surface area contributed by atoms with E-state index in [2.05, 4.69) is 0 Å². The first kappa shape index (κ1) is 12.9. The summed E-state index contributed by atoms with van der Waals surface area (Å²) in [5, 5.41) is 12.1. The summed E-state index contributed by atoms with van der Waals surface area (Å²) < 4.78 is 49.8. The minimum Gasteiger partial charge on any atom is -0.323 e. The van der Waals surface area contributed by atoms with Crippen molar-refractivity contribution in [3.63, 3.8) is 0 Å². The second-order valence-corrected chi connectivity index (χ2v) is 2.87. The van der Waals surface area contributed by atoms with E-state index in [0.29, 0.717) is 0 Å². The van der Waals surface area contributed by atoms with Gasteiger partial charge in [-0.1, -0.05) is 0 Å². The topological polar surface area (TPSA) is 72.2 Å². The lowest BCUT2D eigenvalue weighted by Gasteiger charge is -2.09. The Morgan fingerprint density at radius 1 is 1.35 bits per heavy atom. The molecule has 9 heteroatoms. The third-order valence-electron chi connectivity index (χ3n) is 1.80. The van der Waals surface area contributed by atoms with Crippen LogP contribution in [0.1, 0.15) is 5.56 Å². The van der Waals surface area contributed by atoms with Crippen LogP contribution in [0.15, 0.2) is 12.1 Å². The van der Waals surface area contributed by atoms with Crippen LogP contribution < -0.4 is 5.32 Å². The van der Waals surface area contributed by atoms with Gasteiger partial charge in [0.05, 0.1) is 16.6 Å². The van der Waals surface area contributed by atoms with Crippen molar-refractivity contribution in [3.8, 4) is 0 Å². The molecule has 17 heavy (non-hydrogen) atoms.